The summed E-state index contributed by atoms with van der Waals surface area (Å²) in [6.07, 6.45) is 5.03. The minimum absolute atomic E-state index is 0.00712. The molecule has 0 N–H and O–H groups in total. The molecule has 25 heavy (non-hydrogen) atoms. The highest BCUT2D eigenvalue weighted by Crippen LogP contribution is 2.37. The van der Waals surface area contributed by atoms with E-state index in [0.717, 1.165) is 6.42 Å². The Morgan fingerprint density at radius 2 is 1.72 bits per heavy atom. The van der Waals surface area contributed by atoms with E-state index in [9.17, 15) is 10.1 Å². The smallest absolute Gasteiger partial charge is 0.271 e. The fraction of sp³-hybridized carbons (Fsp3) is 0.625. The third kappa shape index (κ3) is 6.78. The minimum atomic E-state index is -0.452. The Morgan fingerprint density at radius 3 is 2.36 bits per heavy atom. The van der Waals surface area contributed by atoms with Crippen LogP contribution < -0.4 is 4.74 Å². The Bertz CT molecular complexity index is 564. The predicted molar refractivity (Wildman–Crippen MR) is 106 cm³/mol. The molecule has 0 aromatic heterocycles. The molecule has 2 rings (SSSR count). The number of rotatable bonds is 9. The number of ether oxygens (including phenoxy) is 3. The van der Waals surface area contributed by atoms with Crippen LogP contribution >= 0.6 is 47.8 Å². The van der Waals surface area contributed by atoms with Gasteiger partial charge in [-0.2, -0.15) is 0 Å². The number of alkyl halides is 1. The lowest BCUT2D eigenvalue weighted by molar-refractivity contribution is -0.385. The average molecular weight is 546 g/mol. The summed E-state index contributed by atoms with van der Waals surface area (Å²) in [5.41, 5.74) is -0.00712. The lowest BCUT2D eigenvalue weighted by Crippen LogP contribution is -2.29. The van der Waals surface area contributed by atoms with E-state index in [2.05, 4.69) is 47.8 Å². The van der Waals surface area contributed by atoms with Crippen LogP contribution in [0.2, 0.25) is 0 Å². The highest BCUT2D eigenvalue weighted by atomic mass is 79.9. The molecule has 0 aliphatic heterocycles. The normalized spacial score (nSPS) is 20.4. The van der Waals surface area contributed by atoms with Crippen LogP contribution in [0.15, 0.2) is 21.1 Å². The first-order valence-electron chi connectivity index (χ1n) is 8.08. The van der Waals surface area contributed by atoms with Gasteiger partial charge in [-0.15, -0.1) is 0 Å². The van der Waals surface area contributed by atoms with Crippen LogP contribution in [0.25, 0.3) is 0 Å². The Balaban J connectivity index is 1.64. The van der Waals surface area contributed by atoms with Gasteiger partial charge in [0, 0.05) is 17.0 Å². The van der Waals surface area contributed by atoms with Crippen LogP contribution in [0.4, 0.5) is 5.69 Å². The lowest BCUT2D eigenvalue weighted by atomic mass is 9.98. The van der Waals surface area contributed by atoms with Gasteiger partial charge >= 0.3 is 0 Å². The van der Waals surface area contributed by atoms with E-state index >= 15 is 0 Å². The van der Waals surface area contributed by atoms with Crippen molar-refractivity contribution in [3.05, 3.63) is 31.2 Å². The molecule has 1 aromatic carbocycles. The molecule has 0 unspecified atom stereocenters. The van der Waals surface area contributed by atoms with Gasteiger partial charge in [0.05, 0.1) is 39.8 Å². The Kier molecular flexibility index (Phi) is 9.12. The average Bonchev–Trinajstić information content (AvgIpc) is 2.57. The van der Waals surface area contributed by atoms with Gasteiger partial charge in [0.1, 0.15) is 12.4 Å². The van der Waals surface area contributed by atoms with E-state index in [-0.39, 0.29) is 11.8 Å². The fourth-order valence-electron chi connectivity index (χ4n) is 2.59. The van der Waals surface area contributed by atoms with Crippen LogP contribution in [-0.2, 0) is 9.47 Å². The molecule has 0 radical (unpaired) electrons. The van der Waals surface area contributed by atoms with E-state index in [1.165, 1.54) is 31.4 Å². The van der Waals surface area contributed by atoms with Crippen molar-refractivity contribution >= 4 is 53.5 Å². The number of benzene rings is 1. The summed E-state index contributed by atoms with van der Waals surface area (Å²) in [5.74, 6) is 0.523. The second-order valence-electron chi connectivity index (χ2n) is 5.67. The van der Waals surface area contributed by atoms with Crippen LogP contribution in [0, 0.1) is 10.1 Å². The number of non-ortho nitro benzene ring substituents is 1. The van der Waals surface area contributed by atoms with Gasteiger partial charge in [-0.05, 0) is 44.7 Å². The lowest BCUT2D eigenvalue weighted by Gasteiger charge is -2.27. The molecule has 6 nitrogen and oxygen atoms in total. The van der Waals surface area contributed by atoms with Gasteiger partial charge < -0.3 is 14.2 Å². The number of nitro groups is 1. The molecule has 2 atom stereocenters. The number of nitro benzene ring substituents is 1. The van der Waals surface area contributed by atoms with Crippen molar-refractivity contribution in [2.75, 3.05) is 26.4 Å². The van der Waals surface area contributed by atoms with Crippen molar-refractivity contribution in [3.8, 4) is 5.75 Å². The Labute approximate surface area is 172 Å². The molecule has 1 aliphatic carbocycles. The first kappa shape index (κ1) is 21.1. The first-order valence-corrected chi connectivity index (χ1v) is 10.6. The third-order valence-corrected chi connectivity index (χ3v) is 6.08. The molecule has 1 aromatic rings. The Morgan fingerprint density at radius 1 is 1.08 bits per heavy atom. The highest BCUT2D eigenvalue weighted by Gasteiger charge is 2.22. The molecule has 1 saturated carbocycles. The third-order valence-electron chi connectivity index (χ3n) is 3.85. The molecule has 0 spiro atoms. The van der Waals surface area contributed by atoms with Crippen LogP contribution in [0.3, 0.4) is 0 Å². The van der Waals surface area contributed by atoms with Crippen molar-refractivity contribution < 1.29 is 19.1 Å². The van der Waals surface area contributed by atoms with Crippen molar-refractivity contribution in [1.82, 2.24) is 0 Å². The van der Waals surface area contributed by atoms with E-state index < -0.39 is 4.92 Å². The van der Waals surface area contributed by atoms with Gasteiger partial charge in [-0.1, -0.05) is 28.8 Å². The maximum absolute atomic E-state index is 10.8. The molecule has 1 aliphatic rings. The van der Waals surface area contributed by atoms with Crippen LogP contribution in [-0.4, -0.2) is 42.3 Å². The zero-order valence-corrected chi connectivity index (χ0v) is 18.3. The van der Waals surface area contributed by atoms with Crippen LogP contribution in [0.5, 0.6) is 5.75 Å². The van der Waals surface area contributed by atoms with Crippen molar-refractivity contribution in [2.24, 2.45) is 0 Å². The molecule has 0 heterocycles. The molecule has 0 amide bonds. The van der Waals surface area contributed by atoms with Gasteiger partial charge in [0.25, 0.3) is 5.69 Å². The SMILES string of the molecule is O=[N+]([O-])c1cc(Br)c(OCCOCCO[C@H]2CCCC[C@@H]2Br)c(Br)c1. The maximum atomic E-state index is 10.8. The molecule has 1 fully saturated rings. The molecule has 0 bridgehead atoms. The monoisotopic (exact) mass is 543 g/mol. The summed E-state index contributed by atoms with van der Waals surface area (Å²) in [5, 5.41) is 10.8. The predicted octanol–water partition coefficient (Wildman–Crippen LogP) is 5.24. The number of hydrogen-bond acceptors (Lipinski definition) is 5. The topological polar surface area (TPSA) is 70.8 Å². The minimum Gasteiger partial charge on any atom is -0.489 e. The summed E-state index contributed by atoms with van der Waals surface area (Å²) in [6.45, 7) is 1.85. The van der Waals surface area contributed by atoms with Crippen molar-refractivity contribution in [3.63, 3.8) is 0 Å². The number of hydrogen-bond donors (Lipinski definition) is 0. The van der Waals surface area contributed by atoms with Gasteiger partial charge in [0.2, 0.25) is 0 Å². The quantitative estimate of drug-likeness (QED) is 0.184. The summed E-state index contributed by atoms with van der Waals surface area (Å²) >= 11 is 10.2. The van der Waals surface area contributed by atoms with E-state index in [1.807, 2.05) is 0 Å². The molecular formula is C16H20Br3NO5. The summed E-state index contributed by atoms with van der Waals surface area (Å²) < 4.78 is 18.0. The summed E-state index contributed by atoms with van der Waals surface area (Å²) in [6, 6.07) is 2.82. The fourth-order valence-corrected chi connectivity index (χ4v) is 4.72. The Hall–Kier alpha value is -0.220. The second-order valence-corrected chi connectivity index (χ2v) is 8.55. The summed E-state index contributed by atoms with van der Waals surface area (Å²) in [4.78, 5) is 10.8. The highest BCUT2D eigenvalue weighted by molar-refractivity contribution is 9.11. The first-order chi connectivity index (χ1) is 12.0. The van der Waals surface area contributed by atoms with E-state index in [0.29, 0.717) is 45.9 Å². The van der Waals surface area contributed by atoms with Gasteiger partial charge in [-0.3, -0.25) is 10.1 Å². The zero-order chi connectivity index (χ0) is 18.2. The molecule has 0 saturated heterocycles. The van der Waals surface area contributed by atoms with Gasteiger partial charge in [0.15, 0.2) is 0 Å². The standard InChI is InChI=1S/C16H20Br3NO5/c17-12-3-1-2-4-15(12)24-7-5-23-6-8-25-16-13(18)9-11(20(21)22)10-14(16)19/h9-10,12,15H,1-8H2/t12-,15-/m0/s1. The van der Waals surface area contributed by atoms with Crippen molar-refractivity contribution in [1.29, 1.82) is 0 Å². The largest absolute Gasteiger partial charge is 0.489 e. The van der Waals surface area contributed by atoms with Gasteiger partial charge in [-0.25, -0.2) is 0 Å². The molecule has 140 valence electrons. The molecular weight excluding hydrogens is 526 g/mol. The maximum Gasteiger partial charge on any atom is 0.271 e. The van der Waals surface area contributed by atoms with Crippen molar-refractivity contribution in [2.45, 2.75) is 36.6 Å². The van der Waals surface area contributed by atoms with E-state index in [4.69, 9.17) is 14.2 Å². The molecule has 9 heteroatoms. The van der Waals surface area contributed by atoms with Crippen LogP contribution in [0.1, 0.15) is 25.7 Å². The van der Waals surface area contributed by atoms with E-state index in [1.54, 1.807) is 0 Å². The second kappa shape index (κ2) is 10.8. The summed E-state index contributed by atoms with van der Waals surface area (Å²) in [7, 11) is 0. The zero-order valence-electron chi connectivity index (χ0n) is 13.6. The number of nitrogens with zero attached hydrogens (tertiary/aromatic N) is 1. The number of halogens is 3.